The molecule has 0 saturated carbocycles. The van der Waals surface area contributed by atoms with E-state index in [1.54, 1.807) is 0 Å². The Hall–Kier alpha value is -2.14. The summed E-state index contributed by atoms with van der Waals surface area (Å²) < 4.78 is 18.7. The lowest BCUT2D eigenvalue weighted by molar-refractivity contribution is -0.150. The van der Waals surface area contributed by atoms with Crippen LogP contribution in [0.1, 0.15) is 44.6 Å². The summed E-state index contributed by atoms with van der Waals surface area (Å²) in [6.45, 7) is 2.02. The molecule has 1 aromatic carbocycles. The maximum atomic E-state index is 13.6. The van der Waals surface area contributed by atoms with E-state index in [1.807, 2.05) is 0 Å². The maximum Gasteiger partial charge on any atom is 0.331 e. The lowest BCUT2D eigenvalue weighted by atomic mass is 9.97. The van der Waals surface area contributed by atoms with Gasteiger partial charge in [-0.2, -0.15) is 0 Å². The Morgan fingerprint density at radius 2 is 2.19 bits per heavy atom. The first-order valence-electron chi connectivity index (χ1n) is 8.75. The first kappa shape index (κ1) is 20.2. The molecule has 6 heteroatoms. The molecule has 1 aliphatic rings. The molecule has 1 aliphatic carbocycles. The molecule has 0 aromatic heterocycles. The zero-order valence-corrected chi connectivity index (χ0v) is 15.5. The van der Waals surface area contributed by atoms with Crippen LogP contribution in [0.2, 0.25) is 5.02 Å². The first-order chi connectivity index (χ1) is 12.5. The van der Waals surface area contributed by atoms with E-state index >= 15 is 0 Å². The van der Waals surface area contributed by atoms with Gasteiger partial charge in [-0.25, -0.2) is 9.18 Å². The van der Waals surface area contributed by atoms with Crippen LogP contribution in [-0.4, -0.2) is 24.5 Å². The standard InChI is InChI=1S/C20H23ClFNO3/c1-14(20(25)23-13-12-15-6-3-2-4-7-15)26-19(24)11-10-16-17(21)8-5-9-18(16)22/h5-6,8-11,14H,2-4,7,12-13H2,1H3,(H,23,25)/b11-10+/t14-/m1/s1. The lowest BCUT2D eigenvalue weighted by Crippen LogP contribution is -2.36. The number of rotatable bonds is 7. The number of nitrogens with one attached hydrogen (secondary N) is 1. The third-order valence-electron chi connectivity index (χ3n) is 4.18. The molecule has 0 bridgehead atoms. The Bertz CT molecular complexity index is 695. The van der Waals surface area contributed by atoms with Crippen molar-refractivity contribution in [1.29, 1.82) is 0 Å². The smallest absolute Gasteiger partial charge is 0.331 e. The zero-order chi connectivity index (χ0) is 18.9. The van der Waals surface area contributed by atoms with Crippen molar-refractivity contribution in [2.75, 3.05) is 6.54 Å². The minimum absolute atomic E-state index is 0.101. The molecule has 0 unspecified atom stereocenters. The van der Waals surface area contributed by atoms with Gasteiger partial charge >= 0.3 is 5.97 Å². The molecule has 0 aliphatic heterocycles. The molecule has 1 atom stereocenters. The van der Waals surface area contributed by atoms with Crippen molar-refractivity contribution in [2.24, 2.45) is 0 Å². The molecule has 0 heterocycles. The summed E-state index contributed by atoms with van der Waals surface area (Å²) in [5.74, 6) is -1.63. The van der Waals surface area contributed by atoms with Gasteiger partial charge < -0.3 is 10.1 Å². The molecule has 26 heavy (non-hydrogen) atoms. The lowest BCUT2D eigenvalue weighted by Gasteiger charge is -2.15. The summed E-state index contributed by atoms with van der Waals surface area (Å²) in [5, 5.41) is 2.96. The van der Waals surface area contributed by atoms with E-state index in [2.05, 4.69) is 11.4 Å². The second kappa shape index (κ2) is 10.1. The van der Waals surface area contributed by atoms with Crippen molar-refractivity contribution in [3.8, 4) is 0 Å². The Morgan fingerprint density at radius 3 is 2.88 bits per heavy atom. The Labute approximate surface area is 158 Å². The Balaban J connectivity index is 1.77. The van der Waals surface area contributed by atoms with Gasteiger partial charge in [0.25, 0.3) is 5.91 Å². The van der Waals surface area contributed by atoms with Crippen molar-refractivity contribution < 1.29 is 18.7 Å². The largest absolute Gasteiger partial charge is 0.449 e. The molecule has 4 nitrogen and oxygen atoms in total. The highest BCUT2D eigenvalue weighted by Gasteiger charge is 2.16. The van der Waals surface area contributed by atoms with Crippen LogP contribution in [0.4, 0.5) is 4.39 Å². The van der Waals surface area contributed by atoms with Crippen LogP contribution in [-0.2, 0) is 14.3 Å². The summed E-state index contributed by atoms with van der Waals surface area (Å²) >= 11 is 5.88. The number of benzene rings is 1. The average Bonchev–Trinajstić information content (AvgIpc) is 2.62. The third-order valence-corrected chi connectivity index (χ3v) is 4.51. The molecule has 1 aromatic rings. The normalized spacial score (nSPS) is 15.4. The van der Waals surface area contributed by atoms with Crippen molar-refractivity contribution in [1.82, 2.24) is 5.32 Å². The van der Waals surface area contributed by atoms with E-state index in [1.165, 1.54) is 49.6 Å². The molecule has 0 spiro atoms. The Kier molecular flexibility index (Phi) is 7.85. The number of esters is 1. The van der Waals surface area contributed by atoms with Gasteiger partial charge in [0.05, 0.1) is 5.02 Å². The van der Waals surface area contributed by atoms with Gasteiger partial charge in [-0.15, -0.1) is 0 Å². The number of allylic oxidation sites excluding steroid dienone is 1. The highest BCUT2D eigenvalue weighted by atomic mass is 35.5. The summed E-state index contributed by atoms with van der Waals surface area (Å²) in [6, 6.07) is 4.24. The molecule has 0 fully saturated rings. The van der Waals surface area contributed by atoms with Crippen LogP contribution in [0.25, 0.3) is 6.08 Å². The van der Waals surface area contributed by atoms with E-state index in [0.717, 1.165) is 25.3 Å². The second-order valence-corrected chi connectivity index (χ2v) is 6.60. The molecule has 0 radical (unpaired) electrons. The van der Waals surface area contributed by atoms with Crippen molar-refractivity contribution in [2.45, 2.75) is 45.1 Å². The molecule has 1 amide bonds. The van der Waals surface area contributed by atoms with Crippen molar-refractivity contribution >= 4 is 29.6 Å². The summed E-state index contributed by atoms with van der Waals surface area (Å²) in [5.41, 5.74) is 1.47. The van der Waals surface area contributed by atoms with Gasteiger partial charge in [0.15, 0.2) is 6.10 Å². The van der Waals surface area contributed by atoms with E-state index in [-0.39, 0.29) is 16.5 Å². The van der Waals surface area contributed by atoms with E-state index in [4.69, 9.17) is 16.3 Å². The molecule has 140 valence electrons. The van der Waals surface area contributed by atoms with Crippen LogP contribution in [0.5, 0.6) is 0 Å². The fraction of sp³-hybridized carbons (Fsp3) is 0.400. The summed E-state index contributed by atoms with van der Waals surface area (Å²) in [6.07, 6.45) is 9.04. The first-order valence-corrected chi connectivity index (χ1v) is 9.13. The monoisotopic (exact) mass is 379 g/mol. The van der Waals surface area contributed by atoms with Crippen LogP contribution < -0.4 is 5.32 Å². The zero-order valence-electron chi connectivity index (χ0n) is 14.8. The SMILES string of the molecule is C[C@@H](OC(=O)/C=C/c1c(F)cccc1Cl)C(=O)NCCC1=CCCCC1. The number of halogens is 2. The quantitative estimate of drug-likeness (QED) is 0.433. The predicted octanol–water partition coefficient (Wildman–Crippen LogP) is 4.43. The van der Waals surface area contributed by atoms with Gasteiger partial charge in [-0.3, -0.25) is 4.79 Å². The van der Waals surface area contributed by atoms with Gasteiger partial charge in [0, 0.05) is 18.2 Å². The summed E-state index contributed by atoms with van der Waals surface area (Å²) in [7, 11) is 0. The predicted molar refractivity (Wildman–Crippen MR) is 100 cm³/mol. The van der Waals surface area contributed by atoms with Crippen molar-refractivity contribution in [3.05, 3.63) is 52.3 Å². The topological polar surface area (TPSA) is 55.4 Å². The minimum atomic E-state index is -0.927. The molecular formula is C20H23ClFNO3. The number of amides is 1. The van der Waals surface area contributed by atoms with Crippen LogP contribution >= 0.6 is 11.6 Å². The van der Waals surface area contributed by atoms with E-state index in [9.17, 15) is 14.0 Å². The molecule has 0 saturated heterocycles. The van der Waals surface area contributed by atoms with Crippen LogP contribution in [0.15, 0.2) is 35.9 Å². The molecule has 2 rings (SSSR count). The summed E-state index contributed by atoms with van der Waals surface area (Å²) in [4.78, 5) is 23.8. The number of hydrogen-bond acceptors (Lipinski definition) is 3. The average molecular weight is 380 g/mol. The number of ether oxygens (including phenoxy) is 1. The Morgan fingerprint density at radius 1 is 1.38 bits per heavy atom. The van der Waals surface area contributed by atoms with Gasteiger partial charge in [-0.1, -0.05) is 29.3 Å². The van der Waals surface area contributed by atoms with Gasteiger partial charge in [-0.05, 0) is 57.2 Å². The number of carbonyl (C=O) groups is 2. The van der Waals surface area contributed by atoms with E-state index in [0.29, 0.717) is 6.54 Å². The number of carbonyl (C=O) groups excluding carboxylic acids is 2. The van der Waals surface area contributed by atoms with Gasteiger partial charge in [0.1, 0.15) is 5.82 Å². The fourth-order valence-corrected chi connectivity index (χ4v) is 2.94. The highest BCUT2D eigenvalue weighted by Crippen LogP contribution is 2.20. The molecule has 1 N–H and O–H groups in total. The van der Waals surface area contributed by atoms with E-state index < -0.39 is 17.9 Å². The highest BCUT2D eigenvalue weighted by molar-refractivity contribution is 6.32. The van der Waals surface area contributed by atoms with Crippen molar-refractivity contribution in [3.63, 3.8) is 0 Å². The third kappa shape index (κ3) is 6.30. The van der Waals surface area contributed by atoms with Crippen LogP contribution in [0, 0.1) is 5.82 Å². The minimum Gasteiger partial charge on any atom is -0.449 e. The number of hydrogen-bond donors (Lipinski definition) is 1. The van der Waals surface area contributed by atoms with Crippen LogP contribution in [0.3, 0.4) is 0 Å². The second-order valence-electron chi connectivity index (χ2n) is 6.20. The van der Waals surface area contributed by atoms with Gasteiger partial charge in [0.2, 0.25) is 0 Å². The maximum absolute atomic E-state index is 13.6. The molecular weight excluding hydrogens is 357 g/mol. The fourth-order valence-electron chi connectivity index (χ4n) is 2.71.